The van der Waals surface area contributed by atoms with Crippen molar-refractivity contribution < 1.29 is 37.0 Å². The number of alkyl halides is 4. The molecule has 0 aliphatic rings. The molecule has 138 valence electrons. The van der Waals surface area contributed by atoms with E-state index in [9.17, 15) is 22.8 Å². The van der Waals surface area contributed by atoms with Gasteiger partial charge in [0.1, 0.15) is 5.75 Å². The Bertz CT molecular complexity index is 628. The van der Waals surface area contributed by atoms with Gasteiger partial charge in [-0.05, 0) is 43.7 Å². The summed E-state index contributed by atoms with van der Waals surface area (Å²) in [7, 11) is 0. The summed E-state index contributed by atoms with van der Waals surface area (Å²) in [5, 5.41) is 0. The normalized spacial score (nSPS) is 13.5. The smallest absolute Gasteiger partial charge is 0.416 e. The summed E-state index contributed by atoms with van der Waals surface area (Å²) in [6.45, 7) is 6.63. The fourth-order valence-electron chi connectivity index (χ4n) is 1.63. The van der Waals surface area contributed by atoms with Crippen molar-refractivity contribution in [3.63, 3.8) is 0 Å². The SMILES string of the molecule is C=C(C)C(OC(=O)C(Cl)Oc1ccc(C(F)(F)F)cc1)C(=O)OCC. The van der Waals surface area contributed by atoms with Crippen LogP contribution >= 0.6 is 11.6 Å². The molecule has 0 saturated carbocycles. The summed E-state index contributed by atoms with van der Waals surface area (Å²) in [6.07, 6.45) is -5.85. The third-order valence-electron chi connectivity index (χ3n) is 2.79. The first-order valence-corrected chi connectivity index (χ1v) is 7.50. The molecule has 0 spiro atoms. The number of ether oxygens (including phenoxy) is 3. The molecule has 0 aromatic heterocycles. The van der Waals surface area contributed by atoms with Crippen LogP contribution in [-0.2, 0) is 25.2 Å². The van der Waals surface area contributed by atoms with Crippen molar-refractivity contribution in [3.05, 3.63) is 42.0 Å². The number of carbonyl (C=O) groups is 2. The molecular weight excluding hydrogens is 365 g/mol. The molecule has 0 fully saturated rings. The van der Waals surface area contributed by atoms with E-state index in [1.165, 1.54) is 6.92 Å². The van der Waals surface area contributed by atoms with Crippen LogP contribution in [0.3, 0.4) is 0 Å². The van der Waals surface area contributed by atoms with Crippen LogP contribution in [0.15, 0.2) is 36.4 Å². The Morgan fingerprint density at radius 1 is 1.20 bits per heavy atom. The van der Waals surface area contributed by atoms with E-state index in [1.807, 2.05) is 0 Å². The highest BCUT2D eigenvalue weighted by molar-refractivity contribution is 6.29. The molecule has 25 heavy (non-hydrogen) atoms. The van der Waals surface area contributed by atoms with Crippen molar-refractivity contribution >= 4 is 23.5 Å². The van der Waals surface area contributed by atoms with Crippen LogP contribution in [0, 0.1) is 0 Å². The lowest BCUT2D eigenvalue weighted by Crippen LogP contribution is -2.34. The Morgan fingerprint density at radius 3 is 2.20 bits per heavy atom. The molecule has 5 nitrogen and oxygen atoms in total. The number of carbonyl (C=O) groups excluding carboxylic acids is 2. The highest BCUT2D eigenvalue weighted by Crippen LogP contribution is 2.30. The summed E-state index contributed by atoms with van der Waals surface area (Å²) >= 11 is 5.73. The van der Waals surface area contributed by atoms with Crippen molar-refractivity contribution in [2.24, 2.45) is 0 Å². The van der Waals surface area contributed by atoms with Crippen molar-refractivity contribution in [2.75, 3.05) is 6.61 Å². The van der Waals surface area contributed by atoms with Crippen LogP contribution in [0.25, 0.3) is 0 Å². The highest BCUT2D eigenvalue weighted by atomic mass is 35.5. The van der Waals surface area contributed by atoms with Gasteiger partial charge in [0, 0.05) is 0 Å². The van der Waals surface area contributed by atoms with Gasteiger partial charge in [0.2, 0.25) is 6.10 Å². The second-order valence-corrected chi connectivity index (χ2v) is 5.27. The predicted molar refractivity (Wildman–Crippen MR) is 83.0 cm³/mol. The molecule has 0 aliphatic carbocycles. The summed E-state index contributed by atoms with van der Waals surface area (Å²) < 4.78 is 52.1. The van der Waals surface area contributed by atoms with E-state index < -0.39 is 35.3 Å². The number of hydrogen-bond donors (Lipinski definition) is 0. The maximum Gasteiger partial charge on any atom is 0.416 e. The Hall–Kier alpha value is -2.22. The number of esters is 2. The Kier molecular flexibility index (Phi) is 7.29. The van der Waals surface area contributed by atoms with Crippen molar-refractivity contribution in [1.29, 1.82) is 0 Å². The molecule has 0 N–H and O–H groups in total. The Labute approximate surface area is 147 Å². The van der Waals surface area contributed by atoms with E-state index >= 15 is 0 Å². The van der Waals surface area contributed by atoms with Crippen LogP contribution in [-0.4, -0.2) is 30.2 Å². The van der Waals surface area contributed by atoms with Crippen LogP contribution < -0.4 is 4.74 Å². The van der Waals surface area contributed by atoms with Gasteiger partial charge in [-0.1, -0.05) is 18.2 Å². The van der Waals surface area contributed by atoms with E-state index in [2.05, 4.69) is 6.58 Å². The molecule has 1 rings (SSSR count). The maximum atomic E-state index is 12.5. The zero-order valence-electron chi connectivity index (χ0n) is 13.4. The fourth-order valence-corrected chi connectivity index (χ4v) is 1.78. The van der Waals surface area contributed by atoms with Gasteiger partial charge in [0.25, 0.3) is 5.56 Å². The number of rotatable bonds is 7. The van der Waals surface area contributed by atoms with Gasteiger partial charge in [-0.3, -0.25) is 0 Å². The molecule has 0 amide bonds. The molecule has 9 heteroatoms. The van der Waals surface area contributed by atoms with E-state index in [4.69, 9.17) is 25.8 Å². The number of benzene rings is 1. The van der Waals surface area contributed by atoms with Gasteiger partial charge in [0.05, 0.1) is 12.2 Å². The van der Waals surface area contributed by atoms with Gasteiger partial charge in [0.15, 0.2) is 0 Å². The van der Waals surface area contributed by atoms with E-state index in [-0.39, 0.29) is 17.9 Å². The first kappa shape index (κ1) is 20.8. The molecule has 1 aromatic rings. The van der Waals surface area contributed by atoms with Crippen LogP contribution in [0.5, 0.6) is 5.75 Å². The van der Waals surface area contributed by atoms with Crippen molar-refractivity contribution in [3.8, 4) is 5.75 Å². The van der Waals surface area contributed by atoms with Crippen LogP contribution in [0.4, 0.5) is 13.2 Å². The van der Waals surface area contributed by atoms with Gasteiger partial charge in [-0.15, -0.1) is 0 Å². The van der Waals surface area contributed by atoms with E-state index in [1.54, 1.807) is 6.92 Å². The van der Waals surface area contributed by atoms with Crippen LogP contribution in [0.2, 0.25) is 0 Å². The third-order valence-corrected chi connectivity index (χ3v) is 3.06. The monoisotopic (exact) mass is 380 g/mol. The summed E-state index contributed by atoms with van der Waals surface area (Å²) in [4.78, 5) is 23.6. The summed E-state index contributed by atoms with van der Waals surface area (Å²) in [5.41, 5.74) is -2.34. The largest absolute Gasteiger partial charge is 0.463 e. The lowest BCUT2D eigenvalue weighted by atomic mass is 10.2. The quantitative estimate of drug-likeness (QED) is 0.410. The maximum absolute atomic E-state index is 12.5. The minimum absolute atomic E-state index is 0.0759. The molecular formula is C16H16ClF3O5. The molecule has 2 unspecified atom stereocenters. The van der Waals surface area contributed by atoms with Crippen molar-refractivity contribution in [1.82, 2.24) is 0 Å². The van der Waals surface area contributed by atoms with E-state index in [0.717, 1.165) is 24.3 Å². The minimum atomic E-state index is -4.49. The third kappa shape index (κ3) is 6.30. The highest BCUT2D eigenvalue weighted by Gasteiger charge is 2.31. The van der Waals surface area contributed by atoms with Gasteiger partial charge in [-0.2, -0.15) is 13.2 Å². The molecule has 0 radical (unpaired) electrons. The standard InChI is InChI=1S/C16H16ClF3O5/c1-4-23-14(21)12(9(2)3)25-15(22)13(17)24-11-7-5-10(6-8-11)16(18,19)20/h5-8,12-13H,2,4H2,1,3H3. The molecule has 0 bridgehead atoms. The van der Waals surface area contributed by atoms with Gasteiger partial charge >= 0.3 is 18.1 Å². The van der Waals surface area contributed by atoms with Gasteiger partial charge in [-0.25, -0.2) is 9.59 Å². The number of halogens is 4. The molecule has 0 aliphatic heterocycles. The topological polar surface area (TPSA) is 61.8 Å². The van der Waals surface area contributed by atoms with Crippen LogP contribution in [0.1, 0.15) is 19.4 Å². The zero-order valence-corrected chi connectivity index (χ0v) is 14.2. The van der Waals surface area contributed by atoms with Gasteiger partial charge < -0.3 is 14.2 Å². The van der Waals surface area contributed by atoms with Crippen molar-refractivity contribution in [2.45, 2.75) is 31.7 Å². The van der Waals surface area contributed by atoms with E-state index in [0.29, 0.717) is 0 Å². The Balaban J connectivity index is 2.72. The average Bonchev–Trinajstić information content (AvgIpc) is 2.51. The second kappa shape index (κ2) is 8.75. The Morgan fingerprint density at radius 2 is 1.76 bits per heavy atom. The summed E-state index contributed by atoms with van der Waals surface area (Å²) in [6, 6.07) is 3.57. The first-order valence-electron chi connectivity index (χ1n) is 7.06. The minimum Gasteiger partial charge on any atom is -0.463 e. The lowest BCUT2D eigenvalue weighted by molar-refractivity contribution is -0.167. The molecule has 0 saturated heterocycles. The molecule has 2 atom stereocenters. The first-order chi connectivity index (χ1) is 11.6. The second-order valence-electron chi connectivity index (χ2n) is 4.87. The average molecular weight is 381 g/mol. The lowest BCUT2D eigenvalue weighted by Gasteiger charge is -2.19. The fraction of sp³-hybridized carbons (Fsp3) is 0.375. The summed E-state index contributed by atoms with van der Waals surface area (Å²) in [5.74, 6) is -2.00. The molecule has 0 heterocycles. The number of hydrogen-bond acceptors (Lipinski definition) is 5. The predicted octanol–water partition coefficient (Wildman–Crippen LogP) is 3.70. The zero-order chi connectivity index (χ0) is 19.2. The molecule has 1 aromatic carbocycles.